The molecular weight excluding hydrogens is 324 g/mol. The number of aromatic amines is 2. The van der Waals surface area contributed by atoms with Crippen molar-refractivity contribution in [2.24, 2.45) is 0 Å². The van der Waals surface area contributed by atoms with Crippen molar-refractivity contribution in [2.75, 3.05) is 13.6 Å². The minimum Gasteiger partial charge on any atom is -0.350 e. The van der Waals surface area contributed by atoms with E-state index in [1.807, 2.05) is 32.7 Å². The van der Waals surface area contributed by atoms with Crippen LogP contribution in [0.1, 0.15) is 50.6 Å². The molecule has 0 unspecified atom stereocenters. The summed E-state index contributed by atoms with van der Waals surface area (Å²) in [7, 11) is 1.88. The summed E-state index contributed by atoms with van der Waals surface area (Å²) in [6, 6.07) is 4.22. The van der Waals surface area contributed by atoms with Crippen LogP contribution in [0.4, 0.5) is 0 Å². The molecule has 26 heavy (non-hydrogen) atoms. The molecule has 5 nitrogen and oxygen atoms in total. The van der Waals surface area contributed by atoms with Gasteiger partial charge in [-0.3, -0.25) is 9.89 Å². The molecule has 0 bridgehead atoms. The maximum absolute atomic E-state index is 13.0. The molecule has 0 spiro atoms. The van der Waals surface area contributed by atoms with E-state index in [2.05, 4.69) is 41.2 Å². The Kier molecular flexibility index (Phi) is 4.90. The second kappa shape index (κ2) is 6.98. The van der Waals surface area contributed by atoms with Crippen LogP contribution in [0.3, 0.4) is 0 Å². The average molecular weight is 352 g/mol. The molecule has 0 saturated heterocycles. The Morgan fingerprint density at radius 1 is 1.12 bits per heavy atom. The average Bonchev–Trinajstić information content (AvgIpc) is 3.12. The summed E-state index contributed by atoms with van der Waals surface area (Å²) in [5.74, 6) is 0.0538. The number of nitrogens with one attached hydrogen (secondary N) is 2. The number of aryl methyl sites for hydroxylation is 5. The lowest BCUT2D eigenvalue weighted by atomic mass is 10.0. The summed E-state index contributed by atoms with van der Waals surface area (Å²) >= 11 is 0. The van der Waals surface area contributed by atoms with Crippen molar-refractivity contribution < 1.29 is 4.79 Å². The number of amides is 1. The van der Waals surface area contributed by atoms with Crippen LogP contribution in [-0.4, -0.2) is 39.6 Å². The predicted octanol–water partition coefficient (Wildman–Crippen LogP) is 4.14. The highest BCUT2D eigenvalue weighted by Crippen LogP contribution is 2.28. The van der Waals surface area contributed by atoms with Crippen molar-refractivity contribution in [3.05, 3.63) is 51.5 Å². The van der Waals surface area contributed by atoms with E-state index in [1.54, 1.807) is 0 Å². The second-order valence-electron chi connectivity index (χ2n) is 7.32. The van der Waals surface area contributed by atoms with E-state index in [0.717, 1.165) is 41.9 Å². The zero-order chi connectivity index (χ0) is 19.0. The number of carbonyl (C=O) groups excluding carboxylic acids is 1. The molecule has 1 aromatic carbocycles. The number of carbonyl (C=O) groups is 1. The van der Waals surface area contributed by atoms with Crippen LogP contribution in [-0.2, 0) is 6.42 Å². The second-order valence-corrected chi connectivity index (χ2v) is 7.32. The van der Waals surface area contributed by atoms with E-state index >= 15 is 0 Å². The van der Waals surface area contributed by atoms with Gasteiger partial charge in [-0.15, -0.1) is 0 Å². The SMILES string of the molecule is Cc1n[nH]c(C)c1CCCN(C)C(=O)c1[nH]c2c(C)ccc(C)c2c1C. The standard InChI is InChI=1S/C21H28N4O/c1-12-9-10-13(2)19-18(12)14(3)20(22-19)21(26)25(6)11-7-8-17-15(4)23-24-16(17)5/h9-10,22H,7-8,11H2,1-6H3,(H,23,24). The Bertz CT molecular complexity index is 945. The van der Waals surface area contributed by atoms with Crippen LogP contribution < -0.4 is 0 Å². The topological polar surface area (TPSA) is 64.8 Å². The number of rotatable bonds is 5. The molecule has 0 atom stereocenters. The van der Waals surface area contributed by atoms with Crippen LogP contribution in [0.2, 0.25) is 0 Å². The van der Waals surface area contributed by atoms with Crippen molar-refractivity contribution in [2.45, 2.75) is 47.5 Å². The summed E-state index contributed by atoms with van der Waals surface area (Å²) in [5, 5.41) is 8.43. The van der Waals surface area contributed by atoms with E-state index in [4.69, 9.17) is 0 Å². The highest BCUT2D eigenvalue weighted by Gasteiger charge is 2.20. The monoisotopic (exact) mass is 352 g/mol. The molecule has 0 fully saturated rings. The number of benzene rings is 1. The number of hydrogen-bond acceptors (Lipinski definition) is 2. The molecule has 0 saturated carbocycles. The minimum atomic E-state index is 0.0538. The van der Waals surface area contributed by atoms with Gasteiger partial charge >= 0.3 is 0 Å². The molecule has 1 amide bonds. The summed E-state index contributed by atoms with van der Waals surface area (Å²) < 4.78 is 0. The Hall–Kier alpha value is -2.56. The maximum atomic E-state index is 13.0. The Morgan fingerprint density at radius 3 is 2.42 bits per heavy atom. The van der Waals surface area contributed by atoms with Gasteiger partial charge in [0.2, 0.25) is 0 Å². The molecule has 0 aliphatic carbocycles. The van der Waals surface area contributed by atoms with Gasteiger partial charge in [-0.25, -0.2) is 0 Å². The first-order valence-electron chi connectivity index (χ1n) is 9.15. The molecule has 0 aliphatic heterocycles. The van der Waals surface area contributed by atoms with Gasteiger partial charge in [0, 0.05) is 30.2 Å². The normalized spacial score (nSPS) is 11.3. The fourth-order valence-electron chi connectivity index (χ4n) is 3.74. The number of nitrogens with zero attached hydrogens (tertiary/aromatic N) is 2. The van der Waals surface area contributed by atoms with Gasteiger partial charge in [-0.1, -0.05) is 12.1 Å². The van der Waals surface area contributed by atoms with E-state index in [0.29, 0.717) is 5.69 Å². The number of aromatic nitrogens is 3. The summed E-state index contributed by atoms with van der Waals surface area (Å²) in [6.07, 6.45) is 1.84. The fraction of sp³-hybridized carbons (Fsp3) is 0.429. The van der Waals surface area contributed by atoms with Gasteiger partial charge in [-0.2, -0.15) is 5.10 Å². The summed E-state index contributed by atoms with van der Waals surface area (Å²) in [4.78, 5) is 18.1. The Morgan fingerprint density at radius 2 is 1.81 bits per heavy atom. The third-order valence-corrected chi connectivity index (χ3v) is 5.38. The third kappa shape index (κ3) is 3.14. The molecule has 2 aromatic heterocycles. The highest BCUT2D eigenvalue weighted by molar-refractivity contribution is 6.02. The van der Waals surface area contributed by atoms with E-state index in [-0.39, 0.29) is 5.91 Å². The fourth-order valence-corrected chi connectivity index (χ4v) is 3.74. The molecule has 3 rings (SSSR count). The molecule has 2 N–H and O–H groups in total. The van der Waals surface area contributed by atoms with Crippen LogP contribution in [0, 0.1) is 34.6 Å². The number of hydrogen-bond donors (Lipinski definition) is 2. The van der Waals surface area contributed by atoms with Crippen LogP contribution >= 0.6 is 0 Å². The maximum Gasteiger partial charge on any atom is 0.270 e. The molecule has 2 heterocycles. The van der Waals surface area contributed by atoms with Gasteiger partial charge in [0.05, 0.1) is 5.69 Å². The van der Waals surface area contributed by atoms with Crippen LogP contribution in [0.5, 0.6) is 0 Å². The molecule has 0 aliphatic rings. The molecular formula is C21H28N4O. The third-order valence-electron chi connectivity index (χ3n) is 5.38. The van der Waals surface area contributed by atoms with E-state index < -0.39 is 0 Å². The van der Waals surface area contributed by atoms with Crippen molar-refractivity contribution in [3.63, 3.8) is 0 Å². The van der Waals surface area contributed by atoms with Gasteiger partial charge in [-0.05, 0) is 69.7 Å². The summed E-state index contributed by atoms with van der Waals surface area (Å²) in [6.45, 7) is 11.0. The first kappa shape index (κ1) is 18.2. The van der Waals surface area contributed by atoms with Crippen molar-refractivity contribution in [1.82, 2.24) is 20.1 Å². The van der Waals surface area contributed by atoms with Gasteiger partial charge in [0.15, 0.2) is 0 Å². The van der Waals surface area contributed by atoms with Gasteiger partial charge < -0.3 is 9.88 Å². The first-order valence-corrected chi connectivity index (χ1v) is 9.15. The first-order chi connectivity index (χ1) is 12.3. The van der Waals surface area contributed by atoms with Gasteiger partial charge in [0.1, 0.15) is 5.69 Å². The largest absolute Gasteiger partial charge is 0.350 e. The Labute approximate surface area is 154 Å². The van der Waals surface area contributed by atoms with Crippen LogP contribution in [0.15, 0.2) is 12.1 Å². The molecule has 3 aromatic rings. The minimum absolute atomic E-state index is 0.0538. The molecule has 5 heteroatoms. The molecule has 0 radical (unpaired) electrons. The lowest BCUT2D eigenvalue weighted by molar-refractivity contribution is 0.0788. The van der Waals surface area contributed by atoms with Crippen molar-refractivity contribution in [1.29, 1.82) is 0 Å². The zero-order valence-corrected chi connectivity index (χ0v) is 16.6. The zero-order valence-electron chi connectivity index (χ0n) is 16.6. The predicted molar refractivity (Wildman–Crippen MR) is 106 cm³/mol. The summed E-state index contributed by atoms with van der Waals surface area (Å²) in [5.41, 5.74) is 8.62. The Balaban J connectivity index is 1.75. The van der Waals surface area contributed by atoms with E-state index in [9.17, 15) is 4.79 Å². The smallest absolute Gasteiger partial charge is 0.270 e. The number of H-pyrrole nitrogens is 2. The lowest BCUT2D eigenvalue weighted by Gasteiger charge is -2.17. The van der Waals surface area contributed by atoms with Gasteiger partial charge in [0.25, 0.3) is 5.91 Å². The van der Waals surface area contributed by atoms with Crippen molar-refractivity contribution >= 4 is 16.8 Å². The van der Waals surface area contributed by atoms with Crippen molar-refractivity contribution in [3.8, 4) is 0 Å². The highest BCUT2D eigenvalue weighted by atomic mass is 16.2. The lowest BCUT2D eigenvalue weighted by Crippen LogP contribution is -2.28. The van der Waals surface area contributed by atoms with Crippen LogP contribution in [0.25, 0.3) is 10.9 Å². The van der Waals surface area contributed by atoms with E-state index in [1.165, 1.54) is 22.1 Å². The quantitative estimate of drug-likeness (QED) is 0.725. The number of fused-ring (bicyclic) bond motifs is 1. The molecule has 138 valence electrons.